The lowest BCUT2D eigenvalue weighted by Gasteiger charge is -2.35. The minimum absolute atomic E-state index is 0.127. The maximum atomic E-state index is 5.83. The molecule has 3 N–H and O–H groups in total. The Morgan fingerprint density at radius 2 is 2.05 bits per heavy atom. The predicted molar refractivity (Wildman–Crippen MR) is 76.9 cm³/mol. The van der Waals surface area contributed by atoms with Gasteiger partial charge in [-0.2, -0.15) is 0 Å². The fraction of sp³-hybridized carbons (Fsp3) is 0.714. The minimum Gasteiger partial charge on any atom is -0.384 e. The van der Waals surface area contributed by atoms with E-state index >= 15 is 0 Å². The molecule has 0 atom stereocenters. The van der Waals surface area contributed by atoms with E-state index in [1.807, 2.05) is 6.92 Å². The van der Waals surface area contributed by atoms with Gasteiger partial charge in [-0.15, -0.1) is 0 Å². The van der Waals surface area contributed by atoms with E-state index < -0.39 is 0 Å². The number of ether oxygens (including phenoxy) is 1. The Labute approximate surface area is 115 Å². The van der Waals surface area contributed by atoms with Crippen LogP contribution in [0.25, 0.3) is 0 Å². The van der Waals surface area contributed by atoms with E-state index in [1.54, 1.807) is 6.07 Å². The number of nitrogens with two attached hydrogens (primary N) is 1. The Bertz CT molecular complexity index is 416. The molecule has 1 saturated carbocycles. The van der Waals surface area contributed by atoms with Crippen molar-refractivity contribution >= 4 is 11.6 Å². The van der Waals surface area contributed by atoms with E-state index in [-0.39, 0.29) is 5.54 Å². The number of hydrogen-bond acceptors (Lipinski definition) is 5. The van der Waals surface area contributed by atoms with Crippen LogP contribution in [0.2, 0.25) is 0 Å². The van der Waals surface area contributed by atoms with Gasteiger partial charge in [-0.3, -0.25) is 0 Å². The number of anilines is 2. The molecule has 19 heavy (non-hydrogen) atoms. The summed E-state index contributed by atoms with van der Waals surface area (Å²) in [6.45, 7) is 5.27. The fourth-order valence-corrected chi connectivity index (χ4v) is 2.61. The van der Waals surface area contributed by atoms with E-state index in [2.05, 4.69) is 22.2 Å². The third-order valence-corrected chi connectivity index (χ3v) is 3.61. The second kappa shape index (κ2) is 6.19. The van der Waals surface area contributed by atoms with Crippen molar-refractivity contribution in [1.82, 2.24) is 9.97 Å². The highest BCUT2D eigenvalue weighted by atomic mass is 16.5. The van der Waals surface area contributed by atoms with Gasteiger partial charge in [-0.1, -0.05) is 19.3 Å². The minimum atomic E-state index is 0.127. The number of nitrogens with zero attached hydrogens (tertiary/aromatic N) is 2. The van der Waals surface area contributed by atoms with Crippen molar-refractivity contribution in [3.63, 3.8) is 0 Å². The van der Waals surface area contributed by atoms with Crippen LogP contribution in [-0.4, -0.2) is 22.1 Å². The number of aromatic nitrogens is 2. The molecule has 5 heteroatoms. The summed E-state index contributed by atoms with van der Waals surface area (Å²) in [6.07, 6.45) is 6.24. The average Bonchev–Trinajstić information content (AvgIpc) is 2.36. The van der Waals surface area contributed by atoms with Crippen molar-refractivity contribution in [2.45, 2.75) is 58.1 Å². The number of nitrogens with one attached hydrogen (secondary N) is 1. The van der Waals surface area contributed by atoms with Crippen molar-refractivity contribution in [2.75, 3.05) is 17.7 Å². The van der Waals surface area contributed by atoms with Gasteiger partial charge in [-0.05, 0) is 26.7 Å². The molecule has 1 aromatic heterocycles. The van der Waals surface area contributed by atoms with Crippen LogP contribution in [0.1, 0.15) is 51.8 Å². The molecule has 1 fully saturated rings. The molecule has 0 aliphatic heterocycles. The van der Waals surface area contributed by atoms with Crippen molar-refractivity contribution in [3.8, 4) is 0 Å². The van der Waals surface area contributed by atoms with E-state index in [9.17, 15) is 0 Å². The highest BCUT2D eigenvalue weighted by Gasteiger charge is 2.26. The molecule has 106 valence electrons. The highest BCUT2D eigenvalue weighted by Crippen LogP contribution is 2.30. The summed E-state index contributed by atoms with van der Waals surface area (Å²) in [5.74, 6) is 1.95. The Morgan fingerprint density at radius 3 is 2.74 bits per heavy atom. The second-order valence-electron chi connectivity index (χ2n) is 5.48. The second-order valence-corrected chi connectivity index (χ2v) is 5.48. The maximum absolute atomic E-state index is 5.83. The molecular weight excluding hydrogens is 240 g/mol. The molecular formula is C14H24N4O. The zero-order valence-corrected chi connectivity index (χ0v) is 11.9. The van der Waals surface area contributed by atoms with Gasteiger partial charge in [0.25, 0.3) is 0 Å². The van der Waals surface area contributed by atoms with Crippen LogP contribution in [0.3, 0.4) is 0 Å². The van der Waals surface area contributed by atoms with Gasteiger partial charge in [0.15, 0.2) is 5.82 Å². The third kappa shape index (κ3) is 4.06. The summed E-state index contributed by atoms with van der Waals surface area (Å²) in [5, 5.41) is 3.53. The summed E-state index contributed by atoms with van der Waals surface area (Å²) >= 11 is 0. The van der Waals surface area contributed by atoms with E-state index in [0.717, 1.165) is 5.82 Å². The Morgan fingerprint density at radius 1 is 1.32 bits per heavy atom. The maximum Gasteiger partial charge on any atom is 0.158 e. The van der Waals surface area contributed by atoms with E-state index in [0.29, 0.717) is 24.9 Å². The van der Waals surface area contributed by atoms with Gasteiger partial charge in [-0.25, -0.2) is 9.97 Å². The summed E-state index contributed by atoms with van der Waals surface area (Å²) in [4.78, 5) is 8.67. The SMILES string of the molecule is CCOCc1nc(N)cc(NC2(C)CCCCC2)n1. The van der Waals surface area contributed by atoms with Crippen LogP contribution in [-0.2, 0) is 11.3 Å². The van der Waals surface area contributed by atoms with Crippen molar-refractivity contribution in [2.24, 2.45) is 0 Å². The smallest absolute Gasteiger partial charge is 0.158 e. The standard InChI is InChI=1S/C14H24N4O/c1-3-19-10-13-16-11(15)9-12(17-13)18-14(2)7-5-4-6-8-14/h9H,3-8,10H2,1-2H3,(H3,15,16,17,18). The molecule has 0 radical (unpaired) electrons. The van der Waals surface area contributed by atoms with Gasteiger partial charge in [0, 0.05) is 18.2 Å². The van der Waals surface area contributed by atoms with E-state index in [1.165, 1.54) is 32.1 Å². The molecule has 0 spiro atoms. The molecule has 0 aromatic carbocycles. The number of rotatable bonds is 5. The molecule has 0 saturated heterocycles. The Balaban J connectivity index is 2.08. The highest BCUT2D eigenvalue weighted by molar-refractivity contribution is 5.46. The molecule has 0 unspecified atom stereocenters. The summed E-state index contributed by atoms with van der Waals surface area (Å²) < 4.78 is 5.34. The van der Waals surface area contributed by atoms with Crippen molar-refractivity contribution < 1.29 is 4.74 Å². The van der Waals surface area contributed by atoms with Crippen molar-refractivity contribution in [1.29, 1.82) is 0 Å². The zero-order valence-electron chi connectivity index (χ0n) is 11.9. The zero-order chi connectivity index (χ0) is 13.7. The first-order valence-corrected chi connectivity index (χ1v) is 7.11. The first-order valence-electron chi connectivity index (χ1n) is 7.11. The topological polar surface area (TPSA) is 73.1 Å². The van der Waals surface area contributed by atoms with Crippen LogP contribution < -0.4 is 11.1 Å². The Hall–Kier alpha value is -1.36. The van der Waals surface area contributed by atoms with Gasteiger partial charge in [0.1, 0.15) is 18.2 Å². The van der Waals surface area contributed by atoms with Gasteiger partial charge >= 0.3 is 0 Å². The monoisotopic (exact) mass is 264 g/mol. The first kappa shape index (κ1) is 14.1. The normalized spacial score (nSPS) is 18.2. The largest absolute Gasteiger partial charge is 0.384 e. The van der Waals surface area contributed by atoms with Gasteiger partial charge < -0.3 is 15.8 Å². The fourth-order valence-electron chi connectivity index (χ4n) is 2.61. The molecule has 0 bridgehead atoms. The van der Waals surface area contributed by atoms with Crippen LogP contribution in [0, 0.1) is 0 Å². The number of nitrogen functional groups attached to an aromatic ring is 1. The lowest BCUT2D eigenvalue weighted by molar-refractivity contribution is 0.128. The average molecular weight is 264 g/mol. The molecule has 1 aliphatic rings. The summed E-state index contributed by atoms with van der Waals surface area (Å²) in [6, 6.07) is 1.80. The lowest BCUT2D eigenvalue weighted by atomic mass is 9.83. The van der Waals surface area contributed by atoms with Crippen LogP contribution in [0.15, 0.2) is 6.07 Å². The van der Waals surface area contributed by atoms with Gasteiger partial charge in [0.2, 0.25) is 0 Å². The van der Waals surface area contributed by atoms with Gasteiger partial charge in [0.05, 0.1) is 0 Å². The predicted octanol–water partition coefficient (Wildman–Crippen LogP) is 2.73. The molecule has 1 aromatic rings. The molecule has 1 aliphatic carbocycles. The van der Waals surface area contributed by atoms with Crippen LogP contribution >= 0.6 is 0 Å². The molecule has 1 heterocycles. The molecule has 2 rings (SSSR count). The van der Waals surface area contributed by atoms with Crippen LogP contribution in [0.5, 0.6) is 0 Å². The third-order valence-electron chi connectivity index (χ3n) is 3.61. The quantitative estimate of drug-likeness (QED) is 0.855. The molecule has 5 nitrogen and oxygen atoms in total. The lowest BCUT2D eigenvalue weighted by Crippen LogP contribution is -2.37. The first-order chi connectivity index (χ1) is 9.11. The summed E-state index contributed by atoms with van der Waals surface area (Å²) in [7, 11) is 0. The van der Waals surface area contributed by atoms with Crippen molar-refractivity contribution in [3.05, 3.63) is 11.9 Å². The molecule has 0 amide bonds. The Kier molecular flexibility index (Phi) is 4.58. The summed E-state index contributed by atoms with van der Waals surface area (Å²) in [5.41, 5.74) is 5.96. The van der Waals surface area contributed by atoms with Crippen LogP contribution in [0.4, 0.5) is 11.6 Å². The number of hydrogen-bond donors (Lipinski definition) is 2. The van der Waals surface area contributed by atoms with E-state index in [4.69, 9.17) is 10.5 Å².